The summed E-state index contributed by atoms with van der Waals surface area (Å²) in [6, 6.07) is 20.7. The average molecular weight is 342 g/mol. The molecule has 0 spiro atoms. The first kappa shape index (κ1) is 19.0. The van der Waals surface area contributed by atoms with Crippen LogP contribution >= 0.6 is 0 Å². The van der Waals surface area contributed by atoms with Crippen molar-refractivity contribution in [1.82, 2.24) is 9.80 Å². The summed E-state index contributed by atoms with van der Waals surface area (Å²) in [5, 5.41) is 8.82. The molecule has 25 heavy (non-hydrogen) atoms. The summed E-state index contributed by atoms with van der Waals surface area (Å²) < 4.78 is 5.61. The quantitative estimate of drug-likeness (QED) is 0.673. The molecule has 0 aliphatic rings. The molecule has 0 radical (unpaired) electrons. The van der Waals surface area contributed by atoms with E-state index in [1.54, 1.807) is 7.05 Å². The molecule has 5 nitrogen and oxygen atoms in total. The van der Waals surface area contributed by atoms with Crippen LogP contribution in [-0.2, 0) is 17.8 Å². The van der Waals surface area contributed by atoms with Crippen molar-refractivity contribution in [2.24, 2.45) is 0 Å². The molecule has 2 rings (SSSR count). The molecule has 0 aliphatic carbocycles. The van der Waals surface area contributed by atoms with E-state index in [1.807, 2.05) is 36.4 Å². The third-order valence-electron chi connectivity index (χ3n) is 3.95. The highest BCUT2D eigenvalue weighted by Crippen LogP contribution is 2.09. The number of ether oxygens (including phenoxy) is 1. The Morgan fingerprint density at radius 3 is 1.84 bits per heavy atom. The van der Waals surface area contributed by atoms with Gasteiger partial charge >= 0.3 is 6.09 Å². The van der Waals surface area contributed by atoms with Gasteiger partial charge < -0.3 is 14.7 Å². The first-order valence-electron chi connectivity index (χ1n) is 8.47. The maximum absolute atomic E-state index is 10.7. The number of nitrogens with zero attached hydrogens (tertiary/aromatic N) is 2. The molecule has 134 valence electrons. The van der Waals surface area contributed by atoms with Crippen LogP contribution in [0, 0.1) is 0 Å². The molecule has 2 aromatic rings. The summed E-state index contributed by atoms with van der Waals surface area (Å²) in [5.41, 5.74) is 2.54. The molecular weight excluding hydrogens is 316 g/mol. The molecule has 1 amide bonds. The molecule has 5 heteroatoms. The molecule has 0 unspecified atom stereocenters. The van der Waals surface area contributed by atoms with E-state index in [0.717, 1.165) is 19.6 Å². The Balaban J connectivity index is 1.83. The maximum atomic E-state index is 10.7. The number of hydrogen-bond donors (Lipinski definition) is 1. The van der Waals surface area contributed by atoms with Crippen molar-refractivity contribution >= 4 is 6.09 Å². The van der Waals surface area contributed by atoms with E-state index in [9.17, 15) is 4.79 Å². The third-order valence-corrected chi connectivity index (χ3v) is 3.95. The summed E-state index contributed by atoms with van der Waals surface area (Å²) in [6.07, 6.45) is -0.932. The highest BCUT2D eigenvalue weighted by atomic mass is 16.5. The Morgan fingerprint density at radius 2 is 1.36 bits per heavy atom. The van der Waals surface area contributed by atoms with Crippen molar-refractivity contribution in [3.8, 4) is 0 Å². The van der Waals surface area contributed by atoms with Gasteiger partial charge in [-0.25, -0.2) is 4.79 Å². The normalized spacial score (nSPS) is 10.8. The predicted molar refractivity (Wildman–Crippen MR) is 98.5 cm³/mol. The van der Waals surface area contributed by atoms with Crippen LogP contribution < -0.4 is 0 Å². The lowest BCUT2D eigenvalue weighted by Gasteiger charge is -2.23. The lowest BCUT2D eigenvalue weighted by atomic mass is 10.1. The number of likely N-dealkylation sites (N-methyl/N-ethyl adjacent to an activating group) is 1. The smallest absolute Gasteiger partial charge is 0.407 e. The second-order valence-electron chi connectivity index (χ2n) is 6.00. The van der Waals surface area contributed by atoms with Crippen LogP contribution in [0.5, 0.6) is 0 Å². The summed E-state index contributed by atoms with van der Waals surface area (Å²) >= 11 is 0. The Labute approximate surface area is 149 Å². The van der Waals surface area contributed by atoms with Crippen LogP contribution in [0.2, 0.25) is 0 Å². The van der Waals surface area contributed by atoms with Gasteiger partial charge in [0.25, 0.3) is 0 Å². The summed E-state index contributed by atoms with van der Waals surface area (Å²) in [6.45, 7) is 3.87. The van der Waals surface area contributed by atoms with Gasteiger partial charge in [0.05, 0.1) is 13.2 Å². The number of hydrogen-bond acceptors (Lipinski definition) is 3. The number of amides is 1. The zero-order chi connectivity index (χ0) is 17.9. The summed E-state index contributed by atoms with van der Waals surface area (Å²) in [7, 11) is 1.54. The number of rotatable bonds is 10. The van der Waals surface area contributed by atoms with Crippen molar-refractivity contribution < 1.29 is 14.6 Å². The maximum Gasteiger partial charge on any atom is 0.407 e. The van der Waals surface area contributed by atoms with Crippen molar-refractivity contribution in [1.29, 1.82) is 0 Å². The number of carbonyl (C=O) groups is 1. The van der Waals surface area contributed by atoms with E-state index in [1.165, 1.54) is 16.0 Å². The summed E-state index contributed by atoms with van der Waals surface area (Å²) in [5.74, 6) is 0. The fourth-order valence-corrected chi connectivity index (χ4v) is 2.49. The van der Waals surface area contributed by atoms with Gasteiger partial charge in [0.1, 0.15) is 0 Å². The van der Waals surface area contributed by atoms with Crippen molar-refractivity contribution in [3.63, 3.8) is 0 Å². The van der Waals surface area contributed by atoms with Gasteiger partial charge in [-0.3, -0.25) is 4.90 Å². The molecule has 0 heterocycles. The van der Waals surface area contributed by atoms with E-state index in [-0.39, 0.29) is 0 Å². The monoisotopic (exact) mass is 342 g/mol. The molecule has 1 N–H and O–H groups in total. The first-order valence-corrected chi connectivity index (χ1v) is 8.47. The fourth-order valence-electron chi connectivity index (χ4n) is 2.49. The van der Waals surface area contributed by atoms with Gasteiger partial charge in [-0.2, -0.15) is 0 Å². The fraction of sp³-hybridized carbons (Fsp3) is 0.350. The first-order chi connectivity index (χ1) is 12.1. The lowest BCUT2D eigenvalue weighted by molar-refractivity contribution is 0.0812. The highest BCUT2D eigenvalue weighted by Gasteiger charge is 2.08. The minimum Gasteiger partial charge on any atom is -0.465 e. The molecule has 0 atom stereocenters. The van der Waals surface area contributed by atoms with Crippen molar-refractivity contribution in [2.75, 3.05) is 33.4 Å². The highest BCUT2D eigenvalue weighted by molar-refractivity contribution is 5.64. The minimum atomic E-state index is -0.932. The molecule has 2 aromatic carbocycles. The van der Waals surface area contributed by atoms with Crippen molar-refractivity contribution in [3.05, 3.63) is 71.8 Å². The van der Waals surface area contributed by atoms with Crippen LogP contribution in [0.1, 0.15) is 11.1 Å². The Bertz CT molecular complexity index is 578. The van der Waals surface area contributed by atoms with Gasteiger partial charge in [0, 0.05) is 33.2 Å². The minimum absolute atomic E-state index is 0.382. The zero-order valence-electron chi connectivity index (χ0n) is 14.7. The second-order valence-corrected chi connectivity index (χ2v) is 6.00. The van der Waals surface area contributed by atoms with Crippen molar-refractivity contribution in [2.45, 2.75) is 13.1 Å². The third kappa shape index (κ3) is 7.37. The van der Waals surface area contributed by atoms with Gasteiger partial charge in [-0.1, -0.05) is 60.7 Å². The van der Waals surface area contributed by atoms with E-state index in [2.05, 4.69) is 29.2 Å². The molecule has 0 aliphatic heterocycles. The molecule has 0 saturated heterocycles. The molecule has 0 saturated carbocycles. The van der Waals surface area contributed by atoms with Crippen LogP contribution in [0.25, 0.3) is 0 Å². The van der Waals surface area contributed by atoms with Gasteiger partial charge in [0.15, 0.2) is 0 Å². The predicted octanol–water partition coefficient (Wildman–Crippen LogP) is 3.32. The van der Waals surface area contributed by atoms with E-state index in [0.29, 0.717) is 19.8 Å². The average Bonchev–Trinajstić information content (AvgIpc) is 2.62. The lowest BCUT2D eigenvalue weighted by Crippen LogP contribution is -2.30. The van der Waals surface area contributed by atoms with E-state index in [4.69, 9.17) is 9.84 Å². The Kier molecular flexibility index (Phi) is 7.95. The topological polar surface area (TPSA) is 53.0 Å². The largest absolute Gasteiger partial charge is 0.465 e. The Hall–Kier alpha value is -2.37. The number of carboxylic acid groups (broad SMARTS) is 1. The van der Waals surface area contributed by atoms with Crippen LogP contribution in [0.15, 0.2) is 60.7 Å². The standard InChI is InChI=1S/C20H26N2O3/c1-21(20(23)24)12-14-25-15-13-22(16-18-8-4-2-5-9-18)17-19-10-6-3-7-11-19/h2-11H,12-17H2,1H3,(H,23,24). The Morgan fingerprint density at radius 1 is 0.880 bits per heavy atom. The van der Waals surface area contributed by atoms with Gasteiger partial charge in [-0.15, -0.1) is 0 Å². The van der Waals surface area contributed by atoms with Crippen LogP contribution in [0.4, 0.5) is 4.79 Å². The molecule has 0 bridgehead atoms. The molecule has 0 fully saturated rings. The van der Waals surface area contributed by atoms with Crippen LogP contribution in [0.3, 0.4) is 0 Å². The molecular formula is C20H26N2O3. The van der Waals surface area contributed by atoms with Gasteiger partial charge in [-0.05, 0) is 11.1 Å². The zero-order valence-corrected chi connectivity index (χ0v) is 14.7. The molecule has 0 aromatic heterocycles. The SMILES string of the molecule is CN(CCOCCN(Cc1ccccc1)Cc1ccccc1)C(=O)O. The van der Waals surface area contributed by atoms with E-state index < -0.39 is 6.09 Å². The van der Waals surface area contributed by atoms with E-state index >= 15 is 0 Å². The summed E-state index contributed by atoms with van der Waals surface area (Å²) in [4.78, 5) is 14.3. The number of benzene rings is 2. The second kappa shape index (κ2) is 10.5. The van der Waals surface area contributed by atoms with Gasteiger partial charge in [0.2, 0.25) is 0 Å². The van der Waals surface area contributed by atoms with Crippen LogP contribution in [-0.4, -0.2) is 54.4 Å².